The minimum atomic E-state index is -0.632. The van der Waals surface area contributed by atoms with Crippen LogP contribution in [0.1, 0.15) is 45.3 Å². The SMILES string of the molecule is Cc1nc2c(F)cc(-c3nc(Nc4ccc(CN5CCN(C(C)C)CC5)nc4)ncc3F)cc2n1C(C)C. The lowest BCUT2D eigenvalue weighted by Crippen LogP contribution is -2.48. The monoisotopic (exact) mass is 520 g/mol. The van der Waals surface area contributed by atoms with E-state index in [9.17, 15) is 8.78 Å². The topological polar surface area (TPSA) is 75.0 Å². The summed E-state index contributed by atoms with van der Waals surface area (Å²) in [5.74, 6) is -0.245. The van der Waals surface area contributed by atoms with Crippen molar-refractivity contribution in [2.45, 2.75) is 53.2 Å². The minimum Gasteiger partial charge on any atom is -0.326 e. The lowest BCUT2D eigenvalue weighted by atomic mass is 10.1. The van der Waals surface area contributed by atoms with E-state index in [1.165, 1.54) is 6.07 Å². The Morgan fingerprint density at radius 2 is 1.66 bits per heavy atom. The molecule has 0 saturated carbocycles. The van der Waals surface area contributed by atoms with Crippen LogP contribution in [-0.2, 0) is 6.54 Å². The van der Waals surface area contributed by atoms with E-state index in [1.807, 2.05) is 37.5 Å². The molecule has 38 heavy (non-hydrogen) atoms. The lowest BCUT2D eigenvalue weighted by molar-refractivity contribution is 0.103. The van der Waals surface area contributed by atoms with Crippen molar-refractivity contribution in [3.63, 3.8) is 0 Å². The molecule has 200 valence electrons. The van der Waals surface area contributed by atoms with Gasteiger partial charge in [-0.2, -0.15) is 0 Å². The molecule has 4 heterocycles. The maximum Gasteiger partial charge on any atom is 0.227 e. The molecule has 1 N–H and O–H groups in total. The van der Waals surface area contributed by atoms with Crippen molar-refractivity contribution in [2.75, 3.05) is 31.5 Å². The van der Waals surface area contributed by atoms with E-state index in [4.69, 9.17) is 0 Å². The Morgan fingerprint density at radius 1 is 0.895 bits per heavy atom. The van der Waals surface area contributed by atoms with Gasteiger partial charge in [-0.15, -0.1) is 0 Å². The Bertz CT molecular complexity index is 1420. The molecular formula is C28H34F2N8. The lowest BCUT2D eigenvalue weighted by Gasteiger charge is -2.36. The van der Waals surface area contributed by atoms with Crippen molar-refractivity contribution in [3.8, 4) is 11.3 Å². The van der Waals surface area contributed by atoms with E-state index >= 15 is 0 Å². The normalized spacial score (nSPS) is 15.2. The van der Waals surface area contributed by atoms with Crippen LogP contribution in [0, 0.1) is 18.6 Å². The number of rotatable bonds is 7. The first-order valence-corrected chi connectivity index (χ1v) is 13.1. The quantitative estimate of drug-likeness (QED) is 0.353. The summed E-state index contributed by atoms with van der Waals surface area (Å²) in [6.45, 7) is 15.3. The maximum atomic E-state index is 15.0. The van der Waals surface area contributed by atoms with Gasteiger partial charge in [0.15, 0.2) is 11.6 Å². The van der Waals surface area contributed by atoms with Crippen molar-refractivity contribution in [2.24, 2.45) is 0 Å². The number of halogens is 2. The second-order valence-electron chi connectivity index (χ2n) is 10.4. The smallest absolute Gasteiger partial charge is 0.227 e. The molecule has 0 spiro atoms. The molecule has 1 aromatic carbocycles. The molecule has 5 rings (SSSR count). The summed E-state index contributed by atoms with van der Waals surface area (Å²) in [6.07, 6.45) is 2.82. The van der Waals surface area contributed by atoms with Gasteiger partial charge in [-0.25, -0.2) is 23.7 Å². The van der Waals surface area contributed by atoms with Crippen LogP contribution in [0.15, 0.2) is 36.7 Å². The van der Waals surface area contributed by atoms with E-state index in [1.54, 1.807) is 12.3 Å². The summed E-state index contributed by atoms with van der Waals surface area (Å²) in [7, 11) is 0. The third kappa shape index (κ3) is 5.37. The Kier molecular flexibility index (Phi) is 7.36. The van der Waals surface area contributed by atoms with Crippen LogP contribution in [0.4, 0.5) is 20.4 Å². The molecule has 10 heteroatoms. The third-order valence-electron chi connectivity index (χ3n) is 7.06. The number of aryl methyl sites for hydroxylation is 1. The Labute approximate surface area is 221 Å². The molecule has 1 saturated heterocycles. The van der Waals surface area contributed by atoms with Crippen LogP contribution in [0.5, 0.6) is 0 Å². The number of benzene rings is 1. The van der Waals surface area contributed by atoms with Crippen molar-refractivity contribution < 1.29 is 8.78 Å². The molecule has 8 nitrogen and oxygen atoms in total. The molecule has 3 aromatic heterocycles. The maximum absolute atomic E-state index is 15.0. The second kappa shape index (κ2) is 10.7. The number of nitrogens with one attached hydrogen (secondary N) is 1. The minimum absolute atomic E-state index is 0.0163. The van der Waals surface area contributed by atoms with Crippen LogP contribution in [0.3, 0.4) is 0 Å². The van der Waals surface area contributed by atoms with Crippen LogP contribution < -0.4 is 5.32 Å². The Balaban J connectivity index is 1.33. The van der Waals surface area contributed by atoms with Gasteiger partial charge in [-0.1, -0.05) is 0 Å². The molecular weight excluding hydrogens is 486 g/mol. The van der Waals surface area contributed by atoms with E-state index in [0.717, 1.165) is 44.6 Å². The third-order valence-corrected chi connectivity index (χ3v) is 7.06. The van der Waals surface area contributed by atoms with Gasteiger partial charge < -0.3 is 9.88 Å². The summed E-state index contributed by atoms with van der Waals surface area (Å²) in [5, 5.41) is 3.09. The standard InChI is InChI=1S/C28H34F2N8/c1-17(2)37-10-8-36(9-11-37)16-22-7-6-21(14-31-22)34-28-32-15-24(30)26(35-28)20-12-23(29)27-25(13-20)38(18(3)4)19(5)33-27/h6-7,12-15,17-18H,8-11,16H2,1-5H3,(H,32,34,35). The molecule has 0 amide bonds. The zero-order valence-electron chi connectivity index (χ0n) is 22.5. The van der Waals surface area contributed by atoms with Gasteiger partial charge in [0.05, 0.1) is 29.3 Å². The van der Waals surface area contributed by atoms with Gasteiger partial charge in [0.1, 0.15) is 17.0 Å². The number of pyridine rings is 1. The van der Waals surface area contributed by atoms with Gasteiger partial charge in [0.25, 0.3) is 0 Å². The van der Waals surface area contributed by atoms with Crippen LogP contribution in [0.25, 0.3) is 22.3 Å². The number of nitrogens with zero attached hydrogens (tertiary/aromatic N) is 7. The van der Waals surface area contributed by atoms with Crippen LogP contribution in [0.2, 0.25) is 0 Å². The first-order chi connectivity index (χ1) is 18.2. The van der Waals surface area contributed by atoms with E-state index < -0.39 is 11.6 Å². The first-order valence-electron chi connectivity index (χ1n) is 13.1. The number of imidazole rings is 1. The molecule has 1 fully saturated rings. The van der Waals surface area contributed by atoms with Gasteiger partial charge in [-0.05, 0) is 58.9 Å². The highest BCUT2D eigenvalue weighted by molar-refractivity contribution is 5.83. The molecule has 4 aromatic rings. The number of hydrogen-bond donors (Lipinski definition) is 1. The molecule has 0 unspecified atom stereocenters. The zero-order chi connectivity index (χ0) is 27.0. The van der Waals surface area contributed by atoms with E-state index in [-0.39, 0.29) is 23.2 Å². The van der Waals surface area contributed by atoms with Crippen LogP contribution in [-0.4, -0.2) is 66.5 Å². The van der Waals surface area contributed by atoms with E-state index in [2.05, 4.69) is 48.9 Å². The number of piperazine rings is 1. The summed E-state index contributed by atoms with van der Waals surface area (Å²) >= 11 is 0. The molecule has 0 radical (unpaired) electrons. The predicted molar refractivity (Wildman–Crippen MR) is 145 cm³/mol. The number of hydrogen-bond acceptors (Lipinski definition) is 7. The first kappa shape index (κ1) is 26.1. The molecule has 0 aliphatic carbocycles. The van der Waals surface area contributed by atoms with Crippen LogP contribution >= 0.6 is 0 Å². The average molecular weight is 521 g/mol. The molecule has 0 bridgehead atoms. The average Bonchev–Trinajstić information content (AvgIpc) is 3.23. The summed E-state index contributed by atoms with van der Waals surface area (Å²) in [5.41, 5.74) is 2.88. The Hall–Kier alpha value is -3.50. The van der Waals surface area contributed by atoms with Gasteiger partial charge in [-0.3, -0.25) is 14.8 Å². The second-order valence-corrected chi connectivity index (χ2v) is 10.4. The highest BCUT2D eigenvalue weighted by Crippen LogP contribution is 2.30. The number of aromatic nitrogens is 5. The summed E-state index contributed by atoms with van der Waals surface area (Å²) in [6, 6.07) is 7.53. The molecule has 1 aliphatic rings. The van der Waals surface area contributed by atoms with Crippen molar-refractivity contribution >= 4 is 22.7 Å². The van der Waals surface area contributed by atoms with Gasteiger partial charge >= 0.3 is 0 Å². The van der Waals surface area contributed by atoms with Crippen molar-refractivity contribution in [1.29, 1.82) is 0 Å². The highest BCUT2D eigenvalue weighted by Gasteiger charge is 2.20. The highest BCUT2D eigenvalue weighted by atomic mass is 19.1. The summed E-state index contributed by atoms with van der Waals surface area (Å²) < 4.78 is 31.7. The summed E-state index contributed by atoms with van der Waals surface area (Å²) in [4.78, 5) is 22.3. The molecule has 0 atom stereocenters. The predicted octanol–water partition coefficient (Wildman–Crippen LogP) is 5.33. The van der Waals surface area contributed by atoms with Crippen molar-refractivity contribution in [3.05, 3.63) is 59.8 Å². The fourth-order valence-electron chi connectivity index (χ4n) is 5.08. The number of anilines is 2. The fourth-order valence-corrected chi connectivity index (χ4v) is 5.08. The van der Waals surface area contributed by atoms with Gasteiger partial charge in [0.2, 0.25) is 5.95 Å². The van der Waals surface area contributed by atoms with Crippen molar-refractivity contribution in [1.82, 2.24) is 34.3 Å². The largest absolute Gasteiger partial charge is 0.326 e. The number of fused-ring (bicyclic) bond motifs is 1. The fraction of sp³-hybridized carbons (Fsp3) is 0.429. The zero-order valence-corrected chi connectivity index (χ0v) is 22.5. The Morgan fingerprint density at radius 3 is 2.32 bits per heavy atom. The molecule has 1 aliphatic heterocycles. The van der Waals surface area contributed by atoms with Gasteiger partial charge in [0, 0.05) is 50.4 Å². The van der Waals surface area contributed by atoms with E-state index in [0.29, 0.717) is 28.6 Å².